The molecule has 2 N–H and O–H groups in total. The van der Waals surface area contributed by atoms with E-state index in [2.05, 4.69) is 21.7 Å². The third-order valence-electron chi connectivity index (χ3n) is 3.17. The van der Waals surface area contributed by atoms with Gasteiger partial charge in [-0.2, -0.15) is 5.26 Å². The Labute approximate surface area is 160 Å². The molecule has 130 valence electrons. The fraction of sp³-hybridized carbons (Fsp3) is 0.235. The number of halogens is 2. The largest absolute Gasteiger partial charge is 0.367 e. The Hall–Kier alpha value is -1.94. The van der Waals surface area contributed by atoms with E-state index in [0.717, 1.165) is 5.56 Å². The first kappa shape index (κ1) is 19.4. The summed E-state index contributed by atoms with van der Waals surface area (Å²) in [6, 6.07) is 10.8. The number of thioether (sulfide) groups is 1. The molecule has 0 radical (unpaired) electrons. The van der Waals surface area contributed by atoms with Gasteiger partial charge >= 0.3 is 0 Å². The summed E-state index contributed by atoms with van der Waals surface area (Å²) in [5.41, 5.74) is 1.42. The molecule has 1 aromatic heterocycles. The molecule has 2 rings (SSSR count). The number of aromatic nitrogens is 1. The molecule has 0 saturated carbocycles. The van der Waals surface area contributed by atoms with Crippen LogP contribution in [-0.2, 0) is 10.5 Å². The standard InChI is InChI=1S/C17H16Cl2N4OS/c18-14-4-3-13(15(19)8-14)10-25-11-16(24)21-6-7-23-17-12(9-20)2-1-5-22-17/h1-5,8H,6-7,10-11H2,(H,21,24)(H,22,23). The topological polar surface area (TPSA) is 77.8 Å². The minimum Gasteiger partial charge on any atom is -0.367 e. The number of carbonyl (C=O) groups is 1. The van der Waals surface area contributed by atoms with Crippen LogP contribution in [0.25, 0.3) is 0 Å². The molecule has 0 saturated heterocycles. The quantitative estimate of drug-likeness (QED) is 0.666. The molecule has 0 aliphatic rings. The smallest absolute Gasteiger partial charge is 0.230 e. The maximum Gasteiger partial charge on any atom is 0.230 e. The molecule has 0 aliphatic heterocycles. The van der Waals surface area contributed by atoms with Gasteiger partial charge in [-0.3, -0.25) is 4.79 Å². The molecule has 0 atom stereocenters. The molecule has 25 heavy (non-hydrogen) atoms. The predicted octanol–water partition coefficient (Wildman–Crippen LogP) is 3.72. The maximum absolute atomic E-state index is 11.8. The molecule has 2 aromatic rings. The molecule has 1 aromatic carbocycles. The molecule has 0 spiro atoms. The Morgan fingerprint density at radius 2 is 2.12 bits per heavy atom. The lowest BCUT2D eigenvalue weighted by Gasteiger charge is -2.08. The number of nitriles is 1. The summed E-state index contributed by atoms with van der Waals surface area (Å²) in [6.45, 7) is 0.938. The van der Waals surface area contributed by atoms with Crippen LogP contribution in [0.3, 0.4) is 0 Å². The number of rotatable bonds is 8. The molecular weight excluding hydrogens is 379 g/mol. The Kier molecular flexibility index (Phi) is 7.86. The molecule has 0 aliphatic carbocycles. The number of pyridine rings is 1. The van der Waals surface area contributed by atoms with Crippen LogP contribution in [0.1, 0.15) is 11.1 Å². The van der Waals surface area contributed by atoms with E-state index in [4.69, 9.17) is 28.5 Å². The van der Waals surface area contributed by atoms with E-state index in [-0.39, 0.29) is 5.91 Å². The van der Waals surface area contributed by atoms with Crippen molar-refractivity contribution in [3.8, 4) is 6.07 Å². The second-order valence-corrected chi connectivity index (χ2v) is 6.85. The highest BCUT2D eigenvalue weighted by Gasteiger charge is 2.05. The maximum atomic E-state index is 11.8. The highest BCUT2D eigenvalue weighted by molar-refractivity contribution is 7.99. The van der Waals surface area contributed by atoms with Crippen LogP contribution in [0.15, 0.2) is 36.5 Å². The van der Waals surface area contributed by atoms with Crippen LogP contribution in [-0.4, -0.2) is 29.7 Å². The molecule has 1 amide bonds. The predicted molar refractivity (Wildman–Crippen MR) is 103 cm³/mol. The number of hydrogen-bond acceptors (Lipinski definition) is 5. The average molecular weight is 395 g/mol. The molecular formula is C17H16Cl2N4OS. The van der Waals surface area contributed by atoms with E-state index in [1.165, 1.54) is 11.8 Å². The molecule has 0 bridgehead atoms. The third-order valence-corrected chi connectivity index (χ3v) is 4.74. The summed E-state index contributed by atoms with van der Waals surface area (Å²) in [7, 11) is 0. The average Bonchev–Trinajstić information content (AvgIpc) is 2.61. The number of amides is 1. The van der Waals surface area contributed by atoms with E-state index >= 15 is 0 Å². The van der Waals surface area contributed by atoms with Gasteiger partial charge in [-0.1, -0.05) is 29.3 Å². The molecule has 0 unspecified atom stereocenters. The van der Waals surface area contributed by atoms with Crippen molar-refractivity contribution in [2.24, 2.45) is 0 Å². The first-order chi connectivity index (χ1) is 12.1. The van der Waals surface area contributed by atoms with E-state index < -0.39 is 0 Å². The lowest BCUT2D eigenvalue weighted by atomic mass is 10.2. The van der Waals surface area contributed by atoms with Gasteiger partial charge in [0.25, 0.3) is 0 Å². The first-order valence-corrected chi connectivity index (χ1v) is 9.38. The zero-order valence-electron chi connectivity index (χ0n) is 13.3. The molecule has 8 heteroatoms. The van der Waals surface area contributed by atoms with Gasteiger partial charge in [0.05, 0.1) is 11.3 Å². The zero-order valence-corrected chi connectivity index (χ0v) is 15.6. The lowest BCUT2D eigenvalue weighted by Crippen LogP contribution is -2.30. The van der Waals surface area contributed by atoms with Crippen molar-refractivity contribution in [3.63, 3.8) is 0 Å². The van der Waals surface area contributed by atoms with Crippen molar-refractivity contribution < 1.29 is 4.79 Å². The fourth-order valence-electron chi connectivity index (χ4n) is 1.96. The van der Waals surface area contributed by atoms with Gasteiger partial charge in [-0.15, -0.1) is 11.8 Å². The van der Waals surface area contributed by atoms with Crippen molar-refractivity contribution in [3.05, 3.63) is 57.7 Å². The number of nitrogens with one attached hydrogen (secondary N) is 2. The number of hydrogen-bond donors (Lipinski definition) is 2. The summed E-state index contributed by atoms with van der Waals surface area (Å²) in [4.78, 5) is 15.9. The van der Waals surface area contributed by atoms with Gasteiger partial charge in [0.15, 0.2) is 0 Å². The minimum atomic E-state index is -0.0570. The van der Waals surface area contributed by atoms with E-state index in [9.17, 15) is 4.79 Å². The fourth-order valence-corrected chi connectivity index (χ4v) is 3.38. The van der Waals surface area contributed by atoms with Crippen molar-refractivity contribution in [1.82, 2.24) is 10.3 Å². The van der Waals surface area contributed by atoms with Gasteiger partial charge in [0.1, 0.15) is 11.9 Å². The third kappa shape index (κ3) is 6.46. The van der Waals surface area contributed by atoms with E-state index in [1.807, 2.05) is 6.07 Å². The van der Waals surface area contributed by atoms with Crippen molar-refractivity contribution >= 4 is 46.7 Å². The van der Waals surface area contributed by atoms with E-state index in [0.29, 0.717) is 46.0 Å². The Morgan fingerprint density at radius 3 is 2.88 bits per heavy atom. The summed E-state index contributed by atoms with van der Waals surface area (Å²) in [5, 5.41) is 16.0. The number of nitrogens with zero attached hydrogens (tertiary/aromatic N) is 2. The molecule has 5 nitrogen and oxygen atoms in total. The Morgan fingerprint density at radius 1 is 1.28 bits per heavy atom. The highest BCUT2D eigenvalue weighted by Crippen LogP contribution is 2.24. The number of carbonyl (C=O) groups excluding carboxylic acids is 1. The first-order valence-electron chi connectivity index (χ1n) is 7.47. The van der Waals surface area contributed by atoms with E-state index in [1.54, 1.807) is 30.5 Å². The van der Waals surface area contributed by atoms with Gasteiger partial charge in [0.2, 0.25) is 5.91 Å². The van der Waals surface area contributed by atoms with Gasteiger partial charge in [-0.05, 0) is 29.8 Å². The van der Waals surface area contributed by atoms with Crippen molar-refractivity contribution in [2.75, 3.05) is 24.2 Å². The molecule has 1 heterocycles. The SMILES string of the molecule is N#Cc1cccnc1NCCNC(=O)CSCc1ccc(Cl)cc1Cl. The zero-order chi connectivity index (χ0) is 18.1. The summed E-state index contributed by atoms with van der Waals surface area (Å²) in [5.74, 6) is 1.44. The number of anilines is 1. The van der Waals surface area contributed by atoms with Crippen molar-refractivity contribution in [2.45, 2.75) is 5.75 Å². The van der Waals surface area contributed by atoms with Crippen LogP contribution in [0.5, 0.6) is 0 Å². The van der Waals surface area contributed by atoms with Crippen molar-refractivity contribution in [1.29, 1.82) is 5.26 Å². The second-order valence-electron chi connectivity index (χ2n) is 5.02. The number of benzene rings is 1. The Bertz CT molecular complexity index is 779. The summed E-state index contributed by atoms with van der Waals surface area (Å²) in [6.07, 6.45) is 1.61. The van der Waals surface area contributed by atoms with Crippen LogP contribution < -0.4 is 10.6 Å². The van der Waals surface area contributed by atoms with Crippen LogP contribution in [0.2, 0.25) is 10.0 Å². The van der Waals surface area contributed by atoms with Crippen LogP contribution >= 0.6 is 35.0 Å². The lowest BCUT2D eigenvalue weighted by molar-refractivity contribution is -0.118. The van der Waals surface area contributed by atoms with Crippen LogP contribution in [0, 0.1) is 11.3 Å². The monoisotopic (exact) mass is 394 g/mol. The normalized spacial score (nSPS) is 10.1. The molecule has 0 fully saturated rings. The summed E-state index contributed by atoms with van der Waals surface area (Å²) < 4.78 is 0. The van der Waals surface area contributed by atoms with Gasteiger partial charge in [-0.25, -0.2) is 4.98 Å². The van der Waals surface area contributed by atoms with Crippen LogP contribution in [0.4, 0.5) is 5.82 Å². The second kappa shape index (κ2) is 10.1. The van der Waals surface area contributed by atoms with Gasteiger partial charge < -0.3 is 10.6 Å². The summed E-state index contributed by atoms with van der Waals surface area (Å²) >= 11 is 13.4. The Balaban J connectivity index is 1.65. The minimum absolute atomic E-state index is 0.0570. The highest BCUT2D eigenvalue weighted by atomic mass is 35.5. The van der Waals surface area contributed by atoms with Gasteiger partial charge in [0, 0.05) is 35.1 Å².